The molecule has 5 nitrogen and oxygen atoms in total. The van der Waals surface area contributed by atoms with E-state index in [9.17, 15) is 9.59 Å². The second kappa shape index (κ2) is 12.1. The molecule has 2 amide bonds. The summed E-state index contributed by atoms with van der Waals surface area (Å²) >= 11 is 6.01. The first kappa shape index (κ1) is 24.3. The van der Waals surface area contributed by atoms with Crippen LogP contribution < -0.4 is 10.1 Å². The van der Waals surface area contributed by atoms with E-state index in [1.807, 2.05) is 66.7 Å². The molecule has 3 aromatic rings. The third-order valence-corrected chi connectivity index (χ3v) is 5.80. The summed E-state index contributed by atoms with van der Waals surface area (Å²) in [6.07, 6.45) is 0.939. The first-order valence-corrected chi connectivity index (χ1v) is 11.3. The van der Waals surface area contributed by atoms with Gasteiger partial charge in [-0.25, -0.2) is 0 Å². The van der Waals surface area contributed by atoms with Gasteiger partial charge in [0.05, 0.1) is 7.11 Å². The first-order chi connectivity index (χ1) is 16.0. The molecule has 172 valence electrons. The molecule has 0 aliphatic heterocycles. The Hall–Kier alpha value is -3.31. The molecule has 0 bridgehead atoms. The van der Waals surface area contributed by atoms with E-state index in [1.54, 1.807) is 31.1 Å². The fraction of sp³-hybridized carbons (Fsp3) is 0.259. The summed E-state index contributed by atoms with van der Waals surface area (Å²) in [6, 6.07) is 24.1. The summed E-state index contributed by atoms with van der Waals surface area (Å²) in [5, 5.41) is 3.57. The van der Waals surface area contributed by atoms with Crippen LogP contribution in [0.15, 0.2) is 78.9 Å². The number of carbonyl (C=O) groups excluding carboxylic acids is 2. The van der Waals surface area contributed by atoms with Gasteiger partial charge in [-0.2, -0.15) is 0 Å². The third-order valence-electron chi connectivity index (χ3n) is 5.55. The van der Waals surface area contributed by atoms with Crippen LogP contribution in [0.5, 0.6) is 5.75 Å². The summed E-state index contributed by atoms with van der Waals surface area (Å²) in [4.78, 5) is 27.9. The van der Waals surface area contributed by atoms with Crippen LogP contribution in [0, 0.1) is 0 Å². The Morgan fingerprint density at radius 1 is 0.939 bits per heavy atom. The van der Waals surface area contributed by atoms with E-state index in [2.05, 4.69) is 5.32 Å². The normalized spacial score (nSPS) is 11.5. The van der Waals surface area contributed by atoms with Crippen molar-refractivity contribution in [2.24, 2.45) is 0 Å². The molecule has 0 unspecified atom stereocenters. The van der Waals surface area contributed by atoms with Gasteiger partial charge >= 0.3 is 0 Å². The minimum atomic E-state index is -0.640. The zero-order valence-corrected chi connectivity index (χ0v) is 19.7. The lowest BCUT2D eigenvalue weighted by Gasteiger charge is -2.29. The number of halogens is 1. The highest BCUT2D eigenvalue weighted by Gasteiger charge is 2.26. The topological polar surface area (TPSA) is 58.6 Å². The molecular formula is C27H29ClN2O3. The predicted molar refractivity (Wildman–Crippen MR) is 131 cm³/mol. The van der Waals surface area contributed by atoms with Crippen LogP contribution >= 0.6 is 11.6 Å². The molecular weight excluding hydrogens is 436 g/mol. The number of carbonyl (C=O) groups is 2. The largest absolute Gasteiger partial charge is 0.496 e. The minimum Gasteiger partial charge on any atom is -0.496 e. The number of amides is 2. The highest BCUT2D eigenvalue weighted by Crippen LogP contribution is 2.18. The van der Waals surface area contributed by atoms with Gasteiger partial charge in [-0.05, 0) is 42.7 Å². The lowest BCUT2D eigenvalue weighted by molar-refractivity contribution is -0.140. The van der Waals surface area contributed by atoms with E-state index in [1.165, 1.54) is 0 Å². The highest BCUT2D eigenvalue weighted by atomic mass is 35.5. The number of hydrogen-bond acceptors (Lipinski definition) is 3. The van der Waals surface area contributed by atoms with Gasteiger partial charge in [-0.15, -0.1) is 0 Å². The van der Waals surface area contributed by atoms with Crippen molar-refractivity contribution in [3.8, 4) is 5.75 Å². The van der Waals surface area contributed by atoms with Crippen molar-refractivity contribution in [2.45, 2.75) is 38.9 Å². The number of nitrogens with one attached hydrogen (secondary N) is 1. The smallest absolute Gasteiger partial charge is 0.242 e. The number of aryl methyl sites for hydroxylation is 1. The van der Waals surface area contributed by atoms with Gasteiger partial charge in [-0.1, -0.05) is 72.3 Å². The van der Waals surface area contributed by atoms with E-state index in [4.69, 9.17) is 16.3 Å². The van der Waals surface area contributed by atoms with Gasteiger partial charge in [0.25, 0.3) is 0 Å². The van der Waals surface area contributed by atoms with E-state index in [0.717, 1.165) is 16.7 Å². The maximum Gasteiger partial charge on any atom is 0.242 e. The van der Waals surface area contributed by atoms with Crippen LogP contribution in [-0.4, -0.2) is 29.9 Å². The van der Waals surface area contributed by atoms with Gasteiger partial charge < -0.3 is 15.0 Å². The fourth-order valence-electron chi connectivity index (χ4n) is 3.59. The monoisotopic (exact) mass is 464 g/mol. The maximum absolute atomic E-state index is 13.2. The number of benzene rings is 3. The fourth-order valence-corrected chi connectivity index (χ4v) is 3.71. The molecule has 0 aromatic heterocycles. The second-order valence-corrected chi connectivity index (χ2v) is 8.28. The predicted octanol–water partition coefficient (Wildman–Crippen LogP) is 5.01. The summed E-state index contributed by atoms with van der Waals surface area (Å²) in [7, 11) is 1.60. The van der Waals surface area contributed by atoms with Gasteiger partial charge in [0, 0.05) is 30.1 Å². The molecule has 1 N–H and O–H groups in total. The number of nitrogens with zero attached hydrogens (tertiary/aromatic N) is 1. The van der Waals surface area contributed by atoms with E-state index >= 15 is 0 Å². The van der Waals surface area contributed by atoms with E-state index in [-0.39, 0.29) is 11.8 Å². The summed E-state index contributed by atoms with van der Waals surface area (Å²) in [6.45, 7) is 2.40. The van der Waals surface area contributed by atoms with Crippen molar-refractivity contribution in [3.63, 3.8) is 0 Å². The summed E-state index contributed by atoms with van der Waals surface area (Å²) < 4.78 is 5.36. The quantitative estimate of drug-likeness (QED) is 0.458. The molecule has 0 fully saturated rings. The van der Waals surface area contributed by atoms with Crippen LogP contribution in [0.25, 0.3) is 0 Å². The van der Waals surface area contributed by atoms with Crippen molar-refractivity contribution in [1.29, 1.82) is 0 Å². The first-order valence-electron chi connectivity index (χ1n) is 11.0. The second-order valence-electron chi connectivity index (χ2n) is 7.84. The molecule has 33 heavy (non-hydrogen) atoms. The van der Waals surface area contributed by atoms with Gasteiger partial charge in [-0.3, -0.25) is 9.59 Å². The molecule has 0 aliphatic rings. The molecule has 1 atom stereocenters. The summed E-state index contributed by atoms with van der Waals surface area (Å²) in [5.41, 5.74) is 2.88. The number of hydrogen-bond donors (Lipinski definition) is 1. The number of rotatable bonds is 10. The van der Waals surface area contributed by atoms with Crippen LogP contribution in [0.2, 0.25) is 5.02 Å². The highest BCUT2D eigenvalue weighted by molar-refractivity contribution is 6.30. The zero-order chi connectivity index (χ0) is 23.6. The maximum atomic E-state index is 13.2. The van der Waals surface area contributed by atoms with E-state index in [0.29, 0.717) is 36.7 Å². The van der Waals surface area contributed by atoms with Gasteiger partial charge in [0.15, 0.2) is 0 Å². The van der Waals surface area contributed by atoms with Crippen molar-refractivity contribution in [2.75, 3.05) is 7.11 Å². The molecule has 6 heteroatoms. The Morgan fingerprint density at radius 2 is 1.61 bits per heavy atom. The van der Waals surface area contributed by atoms with Gasteiger partial charge in [0.2, 0.25) is 11.8 Å². The average Bonchev–Trinajstić information content (AvgIpc) is 2.85. The molecule has 0 saturated heterocycles. The molecule has 3 rings (SSSR count). The Balaban J connectivity index is 1.71. The summed E-state index contributed by atoms with van der Waals surface area (Å²) in [5.74, 6) is 0.416. The van der Waals surface area contributed by atoms with Gasteiger partial charge in [0.1, 0.15) is 11.8 Å². The number of para-hydroxylation sites is 1. The number of ether oxygens (including phenoxy) is 1. The Kier molecular flexibility index (Phi) is 8.90. The minimum absolute atomic E-state index is 0.0752. The van der Waals surface area contributed by atoms with Crippen molar-refractivity contribution in [3.05, 3.63) is 101 Å². The molecule has 3 aromatic carbocycles. The lowest BCUT2D eigenvalue weighted by atomic mass is 10.1. The van der Waals surface area contributed by atoms with E-state index < -0.39 is 6.04 Å². The van der Waals surface area contributed by atoms with Crippen LogP contribution in [0.3, 0.4) is 0 Å². The zero-order valence-electron chi connectivity index (χ0n) is 19.0. The Bertz CT molecular complexity index is 1050. The average molecular weight is 465 g/mol. The van der Waals surface area contributed by atoms with Crippen molar-refractivity contribution >= 4 is 23.4 Å². The van der Waals surface area contributed by atoms with Crippen LogP contribution in [-0.2, 0) is 29.1 Å². The molecule has 0 spiro atoms. The molecule has 0 heterocycles. The standard InChI is InChI=1S/C27H29ClN2O3/c1-20(27(32)29-18-23-10-6-7-11-25(23)33-2)30(19-22-12-15-24(28)16-13-22)26(31)17-14-21-8-4-3-5-9-21/h3-13,15-16,20H,14,17-19H2,1-2H3,(H,29,32)/t20-/m1/s1. The molecule has 0 saturated carbocycles. The lowest BCUT2D eigenvalue weighted by Crippen LogP contribution is -2.47. The molecule has 0 aliphatic carbocycles. The van der Waals surface area contributed by atoms with Crippen molar-refractivity contribution < 1.29 is 14.3 Å². The SMILES string of the molecule is COc1ccccc1CNC(=O)[C@@H](C)N(Cc1ccc(Cl)cc1)C(=O)CCc1ccccc1. The Morgan fingerprint density at radius 3 is 2.30 bits per heavy atom. The van der Waals surface area contributed by atoms with Crippen molar-refractivity contribution in [1.82, 2.24) is 10.2 Å². The Labute approximate surface area is 200 Å². The third kappa shape index (κ3) is 7.09. The molecule has 0 radical (unpaired) electrons. The number of methoxy groups -OCH3 is 1. The van der Waals surface area contributed by atoms with Crippen LogP contribution in [0.1, 0.15) is 30.0 Å². The van der Waals surface area contributed by atoms with Crippen LogP contribution in [0.4, 0.5) is 0 Å².